The number of phosphoric acid groups is 1. The highest BCUT2D eigenvalue weighted by atomic mass is 31.2. The number of rotatable bonds is 36. The molecule has 0 aliphatic rings. The van der Waals surface area contributed by atoms with Gasteiger partial charge in [-0.2, -0.15) is 0 Å². The first-order valence-corrected chi connectivity index (χ1v) is 21.9. The zero-order chi connectivity index (χ0) is 42.2. The number of phosphoric ester groups is 1. The summed E-state index contributed by atoms with van der Waals surface area (Å²) in [6, 6.07) is -1.55. The Morgan fingerprint density at radius 3 is 1.81 bits per heavy atom. The van der Waals surface area contributed by atoms with Crippen molar-refractivity contribution in [1.29, 1.82) is 0 Å². The number of carboxylic acids is 1. The molecular formula is C44H70NO11P. The van der Waals surface area contributed by atoms with Crippen LogP contribution in [0.4, 0.5) is 0 Å². The molecule has 0 amide bonds. The lowest BCUT2D eigenvalue weighted by atomic mass is 10.2. The lowest BCUT2D eigenvalue weighted by Gasteiger charge is -2.20. The largest absolute Gasteiger partial charge is 0.480 e. The van der Waals surface area contributed by atoms with Crippen LogP contribution in [0, 0.1) is 0 Å². The highest BCUT2D eigenvalue weighted by Gasteiger charge is 2.28. The Kier molecular flexibility index (Phi) is 35.5. The predicted molar refractivity (Wildman–Crippen MR) is 227 cm³/mol. The van der Waals surface area contributed by atoms with E-state index >= 15 is 0 Å². The number of allylic oxidation sites excluding steroid dienone is 14. The Labute approximate surface area is 341 Å². The number of carboxylic acid groups (broad SMARTS) is 1. The molecule has 0 aromatic heterocycles. The van der Waals surface area contributed by atoms with E-state index in [0.29, 0.717) is 25.7 Å². The fourth-order valence-corrected chi connectivity index (χ4v) is 5.43. The molecule has 0 bridgehead atoms. The van der Waals surface area contributed by atoms with Gasteiger partial charge < -0.3 is 30.3 Å². The predicted octanol–water partition coefficient (Wildman–Crippen LogP) is 9.47. The van der Waals surface area contributed by atoms with E-state index in [2.05, 4.69) is 79.1 Å². The van der Waals surface area contributed by atoms with Crippen LogP contribution in [0.5, 0.6) is 0 Å². The third-order valence-electron chi connectivity index (χ3n) is 7.90. The molecule has 57 heavy (non-hydrogen) atoms. The first-order chi connectivity index (χ1) is 27.5. The Balaban J connectivity index is 4.68. The highest BCUT2D eigenvalue weighted by Crippen LogP contribution is 2.43. The van der Waals surface area contributed by atoms with E-state index in [4.69, 9.17) is 24.8 Å². The Morgan fingerprint density at radius 2 is 1.19 bits per heavy atom. The van der Waals surface area contributed by atoms with E-state index in [0.717, 1.165) is 51.4 Å². The van der Waals surface area contributed by atoms with Crippen LogP contribution in [0.25, 0.3) is 0 Å². The van der Waals surface area contributed by atoms with Crippen LogP contribution in [-0.4, -0.2) is 71.1 Å². The maximum Gasteiger partial charge on any atom is 0.472 e. The van der Waals surface area contributed by atoms with Gasteiger partial charge in [0.05, 0.1) is 19.3 Å². The SMILES string of the molecule is CC/C=C\C/C=C\C/C=C\C/C=C\CCCCC(=O)O[C@H](COC(=O)CCC/C=C/C=C\C(O)C/C=C\C/C=C\CCCCC)COP(=O)(O)OC[C@H](N)C(=O)O. The van der Waals surface area contributed by atoms with Crippen LogP contribution in [0.1, 0.15) is 123 Å². The van der Waals surface area contributed by atoms with Crippen LogP contribution in [-0.2, 0) is 37.5 Å². The molecule has 13 heteroatoms. The number of ether oxygens (including phenoxy) is 2. The van der Waals surface area contributed by atoms with Gasteiger partial charge >= 0.3 is 25.7 Å². The van der Waals surface area contributed by atoms with E-state index in [1.54, 1.807) is 18.2 Å². The molecule has 12 nitrogen and oxygen atoms in total. The van der Waals surface area contributed by atoms with Crippen molar-refractivity contribution < 1.29 is 52.6 Å². The molecule has 0 aromatic rings. The summed E-state index contributed by atoms with van der Waals surface area (Å²) in [6.45, 7) is 2.43. The second-order valence-electron chi connectivity index (χ2n) is 13.2. The van der Waals surface area contributed by atoms with E-state index in [-0.39, 0.29) is 12.8 Å². The maximum absolute atomic E-state index is 12.6. The van der Waals surface area contributed by atoms with Gasteiger partial charge in [-0.25, -0.2) is 4.57 Å². The Bertz CT molecular complexity index is 1350. The van der Waals surface area contributed by atoms with E-state index in [1.165, 1.54) is 19.3 Å². The molecule has 0 aliphatic carbocycles. The molecule has 322 valence electrons. The Hall–Kier alpha value is -3.64. The molecular weight excluding hydrogens is 749 g/mol. The van der Waals surface area contributed by atoms with Crippen molar-refractivity contribution >= 4 is 25.7 Å². The lowest BCUT2D eigenvalue weighted by Crippen LogP contribution is -2.34. The van der Waals surface area contributed by atoms with Gasteiger partial charge in [0.1, 0.15) is 12.6 Å². The maximum atomic E-state index is 12.6. The summed E-state index contributed by atoms with van der Waals surface area (Å²) in [5.74, 6) is -2.60. The van der Waals surface area contributed by atoms with Gasteiger partial charge in [-0.1, -0.05) is 124 Å². The first-order valence-electron chi connectivity index (χ1n) is 20.4. The van der Waals surface area contributed by atoms with Crippen molar-refractivity contribution in [1.82, 2.24) is 0 Å². The molecule has 0 aromatic carbocycles. The van der Waals surface area contributed by atoms with Gasteiger partial charge in [0, 0.05) is 12.8 Å². The summed E-state index contributed by atoms with van der Waals surface area (Å²) in [4.78, 5) is 45.8. The number of aliphatic hydroxyl groups is 1. The van der Waals surface area contributed by atoms with Gasteiger partial charge in [-0.05, 0) is 83.5 Å². The van der Waals surface area contributed by atoms with Gasteiger partial charge in [0.25, 0.3) is 0 Å². The van der Waals surface area contributed by atoms with Gasteiger partial charge in [0.2, 0.25) is 0 Å². The zero-order valence-corrected chi connectivity index (χ0v) is 35.1. The molecule has 0 spiro atoms. The Morgan fingerprint density at radius 1 is 0.649 bits per heavy atom. The van der Waals surface area contributed by atoms with Gasteiger partial charge in [-0.15, -0.1) is 0 Å². The standard InChI is InChI=1S/C44H70NO11P/c1-3-5-7-9-11-13-14-15-16-17-18-20-22-26-31-35-43(48)56-40(37-54-57(51,52)55-38-41(45)44(49)50)36-53-42(47)34-30-27-23-25-29-33-39(46)32-28-24-21-19-12-10-8-6-4-2/h5,7,11-13,15-16,18-20,23-25,28-29,33,39-41,46H,3-4,6,8-10,14,17,21-22,26-27,30-32,34-38,45H2,1-2H3,(H,49,50)(H,51,52)/b7-5-,13-11-,16-15-,19-12-,20-18-,25-23+,28-24-,33-29-/t39?,40-,41+/m1/s1. The third-order valence-corrected chi connectivity index (χ3v) is 8.85. The number of unbranched alkanes of at least 4 members (excludes halogenated alkanes) is 6. The topological polar surface area (TPSA) is 192 Å². The first kappa shape index (κ1) is 53.4. The van der Waals surface area contributed by atoms with E-state index in [1.807, 2.05) is 18.2 Å². The van der Waals surface area contributed by atoms with Crippen LogP contribution in [0.2, 0.25) is 0 Å². The quantitative estimate of drug-likeness (QED) is 0.0154. The van der Waals surface area contributed by atoms with Crippen LogP contribution >= 0.6 is 7.82 Å². The molecule has 0 saturated heterocycles. The van der Waals surface area contributed by atoms with Gasteiger partial charge in [-0.3, -0.25) is 23.4 Å². The minimum atomic E-state index is -4.76. The minimum Gasteiger partial charge on any atom is -0.480 e. The van der Waals surface area contributed by atoms with E-state index in [9.17, 15) is 28.9 Å². The van der Waals surface area contributed by atoms with Crippen molar-refractivity contribution in [3.63, 3.8) is 0 Å². The van der Waals surface area contributed by atoms with E-state index < -0.39 is 63.8 Å². The normalized spacial score (nSPS) is 15.3. The second-order valence-corrected chi connectivity index (χ2v) is 14.7. The number of hydrogen-bond acceptors (Lipinski definition) is 10. The molecule has 0 aliphatic heterocycles. The van der Waals surface area contributed by atoms with Crippen molar-refractivity contribution in [3.8, 4) is 0 Å². The lowest BCUT2D eigenvalue weighted by molar-refractivity contribution is -0.161. The van der Waals surface area contributed by atoms with Crippen molar-refractivity contribution in [2.45, 2.75) is 141 Å². The van der Waals surface area contributed by atoms with Crippen LogP contribution in [0.15, 0.2) is 97.2 Å². The molecule has 0 heterocycles. The summed E-state index contributed by atoms with van der Waals surface area (Å²) < 4.78 is 32.5. The molecule has 2 unspecified atom stereocenters. The summed E-state index contributed by atoms with van der Waals surface area (Å²) in [5.41, 5.74) is 5.31. The number of carbonyl (C=O) groups is 3. The van der Waals surface area contributed by atoms with Crippen LogP contribution < -0.4 is 5.73 Å². The summed E-state index contributed by atoms with van der Waals surface area (Å²) in [7, 11) is -4.76. The molecule has 0 radical (unpaired) electrons. The van der Waals surface area contributed by atoms with Crippen molar-refractivity contribution in [2.75, 3.05) is 19.8 Å². The third kappa shape index (κ3) is 37.7. The summed E-state index contributed by atoms with van der Waals surface area (Å²) in [5, 5.41) is 19.0. The average Bonchev–Trinajstić information content (AvgIpc) is 3.18. The molecule has 4 atom stereocenters. The summed E-state index contributed by atoms with van der Waals surface area (Å²) >= 11 is 0. The molecule has 0 fully saturated rings. The fourth-order valence-electron chi connectivity index (χ4n) is 4.66. The zero-order valence-electron chi connectivity index (χ0n) is 34.2. The smallest absolute Gasteiger partial charge is 0.472 e. The fraction of sp³-hybridized carbons (Fsp3) is 0.568. The van der Waals surface area contributed by atoms with Crippen LogP contribution in [0.3, 0.4) is 0 Å². The van der Waals surface area contributed by atoms with Crippen molar-refractivity contribution in [2.24, 2.45) is 5.73 Å². The second kappa shape index (κ2) is 37.9. The molecule has 0 saturated carbocycles. The monoisotopic (exact) mass is 819 g/mol. The summed E-state index contributed by atoms with van der Waals surface area (Å²) in [6.07, 6.45) is 43.7. The minimum absolute atomic E-state index is 0.0715. The highest BCUT2D eigenvalue weighted by molar-refractivity contribution is 7.47. The molecule has 5 N–H and O–H groups in total. The number of aliphatic hydroxyl groups excluding tert-OH is 1. The van der Waals surface area contributed by atoms with Gasteiger partial charge in [0.15, 0.2) is 6.10 Å². The number of esters is 2. The number of carbonyl (C=O) groups excluding carboxylic acids is 2. The van der Waals surface area contributed by atoms with Crippen molar-refractivity contribution in [3.05, 3.63) is 97.2 Å². The average molecular weight is 820 g/mol. The number of aliphatic carboxylic acids is 1. The number of nitrogens with two attached hydrogens (primary N) is 1. The number of hydrogen-bond donors (Lipinski definition) is 4. The molecule has 0 rings (SSSR count).